The highest BCUT2D eigenvalue weighted by Gasteiger charge is 2.12. The van der Waals surface area contributed by atoms with Crippen LogP contribution in [0.15, 0.2) is 47.5 Å². The largest absolute Gasteiger partial charge is 0.497 e. The van der Waals surface area contributed by atoms with Crippen molar-refractivity contribution in [2.24, 2.45) is 4.99 Å². The van der Waals surface area contributed by atoms with Crippen LogP contribution in [0.2, 0.25) is 0 Å². The standard InChI is InChI=1S/C22H29N3O4.HI/c1-3-23-22(25-14-18-7-10-20-21(13-18)29-16-28-20)24-11-4-12-27-15-17-5-8-19(26-2)9-6-17;/h5-10,13H,3-4,11-12,14-16H2,1-2H3,(H2,23,24,25);1H. The van der Waals surface area contributed by atoms with Crippen LogP contribution >= 0.6 is 24.0 Å². The number of nitrogens with one attached hydrogen (secondary N) is 2. The summed E-state index contributed by atoms with van der Waals surface area (Å²) in [4.78, 5) is 4.64. The van der Waals surface area contributed by atoms with Gasteiger partial charge >= 0.3 is 0 Å². The van der Waals surface area contributed by atoms with Gasteiger partial charge in [0.2, 0.25) is 6.79 Å². The molecule has 0 saturated heterocycles. The van der Waals surface area contributed by atoms with Crippen molar-refractivity contribution in [2.45, 2.75) is 26.5 Å². The third-order valence-corrected chi connectivity index (χ3v) is 4.39. The third-order valence-electron chi connectivity index (χ3n) is 4.39. The van der Waals surface area contributed by atoms with Gasteiger partial charge in [-0.3, -0.25) is 0 Å². The van der Waals surface area contributed by atoms with Crippen LogP contribution in [0.25, 0.3) is 0 Å². The molecule has 0 saturated carbocycles. The molecular formula is C22H30IN3O4. The smallest absolute Gasteiger partial charge is 0.231 e. The van der Waals surface area contributed by atoms with Crippen molar-refractivity contribution in [3.63, 3.8) is 0 Å². The number of hydrogen-bond acceptors (Lipinski definition) is 5. The number of benzene rings is 2. The topological polar surface area (TPSA) is 73.3 Å². The van der Waals surface area contributed by atoms with Crippen LogP contribution in [0.5, 0.6) is 17.2 Å². The molecule has 0 aliphatic carbocycles. The van der Waals surface area contributed by atoms with Gasteiger partial charge in [0.25, 0.3) is 0 Å². The van der Waals surface area contributed by atoms with Crippen molar-refractivity contribution in [3.05, 3.63) is 53.6 Å². The maximum atomic E-state index is 5.74. The average Bonchev–Trinajstić information content (AvgIpc) is 3.22. The molecule has 2 N–H and O–H groups in total. The second-order valence-corrected chi connectivity index (χ2v) is 6.56. The summed E-state index contributed by atoms with van der Waals surface area (Å²) >= 11 is 0. The van der Waals surface area contributed by atoms with Crippen molar-refractivity contribution in [1.29, 1.82) is 0 Å². The zero-order valence-electron chi connectivity index (χ0n) is 17.5. The van der Waals surface area contributed by atoms with E-state index in [0.29, 0.717) is 19.8 Å². The molecule has 8 heteroatoms. The van der Waals surface area contributed by atoms with Crippen molar-refractivity contribution >= 4 is 29.9 Å². The molecule has 30 heavy (non-hydrogen) atoms. The Kier molecular flexibility index (Phi) is 10.6. The highest BCUT2D eigenvalue weighted by Crippen LogP contribution is 2.32. The van der Waals surface area contributed by atoms with Gasteiger partial charge in [-0.2, -0.15) is 0 Å². The predicted octanol–water partition coefficient (Wildman–Crippen LogP) is 3.70. The highest BCUT2D eigenvalue weighted by molar-refractivity contribution is 14.0. The number of fused-ring (bicyclic) bond motifs is 1. The van der Waals surface area contributed by atoms with Crippen molar-refractivity contribution in [1.82, 2.24) is 10.6 Å². The van der Waals surface area contributed by atoms with E-state index < -0.39 is 0 Å². The van der Waals surface area contributed by atoms with Gasteiger partial charge in [0.05, 0.1) is 20.3 Å². The summed E-state index contributed by atoms with van der Waals surface area (Å²) in [5.41, 5.74) is 2.21. The lowest BCUT2D eigenvalue weighted by Crippen LogP contribution is -2.38. The van der Waals surface area contributed by atoms with Crippen molar-refractivity contribution < 1.29 is 18.9 Å². The molecule has 0 amide bonds. The summed E-state index contributed by atoms with van der Waals surface area (Å²) in [6.45, 7) is 5.78. The number of aliphatic imine (C=N–C) groups is 1. The van der Waals surface area contributed by atoms with E-state index in [2.05, 4.69) is 22.5 Å². The summed E-state index contributed by atoms with van der Waals surface area (Å²) in [5, 5.41) is 6.61. The first-order valence-corrected chi connectivity index (χ1v) is 9.90. The lowest BCUT2D eigenvalue weighted by molar-refractivity contribution is 0.119. The molecule has 7 nitrogen and oxygen atoms in total. The minimum absolute atomic E-state index is 0. The van der Waals surface area contributed by atoms with Crippen molar-refractivity contribution in [3.8, 4) is 17.2 Å². The van der Waals surface area contributed by atoms with Crippen LogP contribution < -0.4 is 24.8 Å². The van der Waals surface area contributed by atoms with Crippen molar-refractivity contribution in [2.75, 3.05) is 33.6 Å². The van der Waals surface area contributed by atoms with E-state index >= 15 is 0 Å². The maximum absolute atomic E-state index is 5.74. The van der Waals surface area contributed by atoms with E-state index in [9.17, 15) is 0 Å². The van der Waals surface area contributed by atoms with E-state index in [0.717, 1.165) is 53.8 Å². The zero-order valence-corrected chi connectivity index (χ0v) is 19.8. The van der Waals surface area contributed by atoms with E-state index in [4.69, 9.17) is 18.9 Å². The molecule has 0 fully saturated rings. The van der Waals surface area contributed by atoms with Crippen LogP contribution in [-0.4, -0.2) is 39.6 Å². The quantitative estimate of drug-likeness (QED) is 0.213. The second kappa shape index (κ2) is 13.2. The van der Waals surface area contributed by atoms with E-state index in [-0.39, 0.29) is 30.8 Å². The Bertz CT molecular complexity index is 799. The summed E-state index contributed by atoms with van der Waals surface area (Å²) < 4.78 is 21.7. The Morgan fingerprint density at radius 3 is 2.57 bits per heavy atom. The molecular weight excluding hydrogens is 497 g/mol. The molecule has 0 spiro atoms. The number of ether oxygens (including phenoxy) is 4. The molecule has 3 rings (SSSR count). The Morgan fingerprint density at radius 1 is 1.03 bits per heavy atom. The number of nitrogens with zero attached hydrogens (tertiary/aromatic N) is 1. The summed E-state index contributed by atoms with van der Waals surface area (Å²) in [5.74, 6) is 3.22. The van der Waals surface area contributed by atoms with Crippen LogP contribution in [0.4, 0.5) is 0 Å². The molecule has 1 aliphatic heterocycles. The van der Waals surface area contributed by atoms with Gasteiger partial charge in [0, 0.05) is 19.7 Å². The highest BCUT2D eigenvalue weighted by atomic mass is 127. The number of hydrogen-bond donors (Lipinski definition) is 2. The minimum atomic E-state index is 0. The van der Waals surface area contributed by atoms with Gasteiger partial charge in [-0.1, -0.05) is 18.2 Å². The van der Waals surface area contributed by atoms with Gasteiger partial charge in [0.15, 0.2) is 17.5 Å². The van der Waals surface area contributed by atoms with Gasteiger partial charge in [-0.15, -0.1) is 24.0 Å². The average molecular weight is 527 g/mol. The van der Waals surface area contributed by atoms with Gasteiger partial charge in [-0.05, 0) is 48.7 Å². The van der Waals surface area contributed by atoms with Crippen LogP contribution in [0, 0.1) is 0 Å². The first-order valence-electron chi connectivity index (χ1n) is 9.90. The summed E-state index contributed by atoms with van der Waals surface area (Å²) in [7, 11) is 1.67. The van der Waals surface area contributed by atoms with Gasteiger partial charge < -0.3 is 29.6 Å². The van der Waals surface area contributed by atoms with Gasteiger partial charge in [0.1, 0.15) is 5.75 Å². The molecule has 2 aromatic rings. The monoisotopic (exact) mass is 527 g/mol. The van der Waals surface area contributed by atoms with Crippen LogP contribution in [0.3, 0.4) is 0 Å². The fourth-order valence-electron chi connectivity index (χ4n) is 2.84. The number of rotatable bonds is 10. The molecule has 164 valence electrons. The van der Waals surface area contributed by atoms with E-state index in [1.54, 1.807) is 7.11 Å². The number of halogens is 1. The summed E-state index contributed by atoms with van der Waals surface area (Å²) in [6.07, 6.45) is 0.893. The zero-order chi connectivity index (χ0) is 20.3. The molecule has 1 heterocycles. The Labute approximate surface area is 195 Å². The normalized spacial score (nSPS) is 12.3. The Morgan fingerprint density at radius 2 is 1.80 bits per heavy atom. The van der Waals surface area contributed by atoms with Crippen LogP contribution in [-0.2, 0) is 17.9 Å². The molecule has 0 atom stereocenters. The fraction of sp³-hybridized carbons (Fsp3) is 0.409. The minimum Gasteiger partial charge on any atom is -0.497 e. The third kappa shape index (κ3) is 7.56. The lowest BCUT2D eigenvalue weighted by atomic mass is 10.2. The molecule has 2 aromatic carbocycles. The first kappa shape index (κ1) is 24.1. The SMILES string of the molecule is CCNC(=NCc1ccc2c(c1)OCO2)NCCCOCc1ccc(OC)cc1.I. The summed E-state index contributed by atoms with van der Waals surface area (Å²) in [6, 6.07) is 13.8. The maximum Gasteiger partial charge on any atom is 0.231 e. The predicted molar refractivity (Wildman–Crippen MR) is 128 cm³/mol. The van der Waals surface area contributed by atoms with Crippen LogP contribution in [0.1, 0.15) is 24.5 Å². The second-order valence-electron chi connectivity index (χ2n) is 6.56. The molecule has 0 unspecified atom stereocenters. The molecule has 1 aliphatic rings. The lowest BCUT2D eigenvalue weighted by Gasteiger charge is -2.11. The number of methoxy groups -OCH3 is 1. The molecule has 0 bridgehead atoms. The van der Waals surface area contributed by atoms with Gasteiger partial charge in [-0.25, -0.2) is 4.99 Å². The first-order chi connectivity index (χ1) is 14.3. The van der Waals surface area contributed by atoms with E-state index in [1.165, 1.54) is 0 Å². The Balaban J connectivity index is 0.00000320. The fourth-order valence-corrected chi connectivity index (χ4v) is 2.84. The number of guanidine groups is 1. The Hall–Kier alpha value is -2.20. The molecule has 0 radical (unpaired) electrons. The molecule has 0 aromatic heterocycles. The van der Waals surface area contributed by atoms with E-state index in [1.807, 2.05) is 42.5 Å².